The van der Waals surface area contributed by atoms with Crippen molar-refractivity contribution < 1.29 is 14.6 Å². The molecule has 0 rings (SSSR count). The van der Waals surface area contributed by atoms with Crippen molar-refractivity contribution in [1.82, 2.24) is 0 Å². The minimum Gasteiger partial charge on any atom is -0.370 e. The maximum absolute atomic E-state index is 11.0. The molecule has 0 amide bonds. The Labute approximate surface area is 66.9 Å². The lowest BCUT2D eigenvalue weighted by Crippen LogP contribution is -2.20. The molecule has 4 N–H and O–H groups in total. The lowest BCUT2D eigenvalue weighted by Gasteiger charge is -2.14. The molecule has 0 aromatic heterocycles. The summed E-state index contributed by atoms with van der Waals surface area (Å²) in [6, 6.07) is 0. The molecule has 11 heavy (non-hydrogen) atoms. The molecule has 0 saturated heterocycles. The minimum atomic E-state index is -3.49. The van der Waals surface area contributed by atoms with Gasteiger partial charge in [-0.1, -0.05) is 13.8 Å². The third-order valence-electron chi connectivity index (χ3n) is 1.44. The summed E-state index contributed by atoms with van der Waals surface area (Å²) in [6.45, 7) is 3.89. The normalized spacial score (nSPS) is 19.8. The smallest absolute Gasteiger partial charge is 0.242 e. The number of hydrogen-bond donors (Lipinski definition) is 3. The molecule has 4 nitrogen and oxygen atoms in total. The van der Waals surface area contributed by atoms with Crippen LogP contribution in [0.3, 0.4) is 0 Å². The first-order valence-electron chi connectivity index (χ1n) is 3.61. The van der Waals surface area contributed by atoms with Crippen LogP contribution in [0.15, 0.2) is 0 Å². The van der Waals surface area contributed by atoms with Crippen molar-refractivity contribution in [2.75, 3.05) is 6.16 Å². The van der Waals surface area contributed by atoms with Crippen LogP contribution in [-0.4, -0.2) is 22.1 Å². The summed E-state index contributed by atoms with van der Waals surface area (Å²) in [7, 11) is -3.49. The van der Waals surface area contributed by atoms with Crippen molar-refractivity contribution in [3.63, 3.8) is 0 Å². The van der Waals surface area contributed by atoms with Gasteiger partial charge in [-0.3, -0.25) is 10.3 Å². The minimum absolute atomic E-state index is 0.0995. The Hall–Kier alpha value is 0.110. The van der Waals surface area contributed by atoms with Crippen LogP contribution in [0.4, 0.5) is 0 Å². The third kappa shape index (κ3) is 4.53. The zero-order valence-electron chi connectivity index (χ0n) is 6.90. The molecular weight excluding hydrogens is 165 g/mol. The standard InChI is InChI=1S/C6H16NO3P/c1-5(2)3-4-11(9,10)6(7)8/h5-6,8H,3-4,7H2,1-2H3,(H,9,10). The van der Waals surface area contributed by atoms with E-state index >= 15 is 0 Å². The van der Waals surface area contributed by atoms with E-state index in [-0.39, 0.29) is 6.16 Å². The first-order valence-corrected chi connectivity index (χ1v) is 5.53. The summed E-state index contributed by atoms with van der Waals surface area (Å²) in [6.07, 6.45) is 0.713. The molecule has 0 spiro atoms. The molecule has 0 fully saturated rings. The van der Waals surface area contributed by atoms with Crippen LogP contribution in [0.5, 0.6) is 0 Å². The fraction of sp³-hybridized carbons (Fsp3) is 1.00. The summed E-state index contributed by atoms with van der Waals surface area (Å²) in [5.74, 6) is -1.23. The molecule has 0 heterocycles. The van der Waals surface area contributed by atoms with Crippen LogP contribution in [0.1, 0.15) is 20.3 Å². The number of rotatable bonds is 4. The fourth-order valence-corrected chi connectivity index (χ4v) is 1.73. The number of aliphatic hydroxyl groups excluding tert-OH is 1. The van der Waals surface area contributed by atoms with Gasteiger partial charge in [0.2, 0.25) is 7.37 Å². The van der Waals surface area contributed by atoms with Gasteiger partial charge in [-0.05, 0) is 12.3 Å². The van der Waals surface area contributed by atoms with Gasteiger partial charge in [-0.25, -0.2) is 0 Å². The molecule has 0 saturated carbocycles. The summed E-state index contributed by atoms with van der Waals surface area (Å²) in [4.78, 5) is 9.02. The molecule has 5 heteroatoms. The van der Waals surface area contributed by atoms with Crippen molar-refractivity contribution in [2.24, 2.45) is 11.7 Å². The SMILES string of the molecule is CC(C)CCP(=O)(O)C(N)O. The van der Waals surface area contributed by atoms with Gasteiger partial charge in [0.25, 0.3) is 0 Å². The van der Waals surface area contributed by atoms with E-state index in [1.807, 2.05) is 13.8 Å². The summed E-state index contributed by atoms with van der Waals surface area (Å²) < 4.78 is 11.0. The maximum atomic E-state index is 11.0. The quantitative estimate of drug-likeness (QED) is 0.436. The topological polar surface area (TPSA) is 83.5 Å². The van der Waals surface area contributed by atoms with Crippen molar-refractivity contribution >= 4 is 7.37 Å². The van der Waals surface area contributed by atoms with E-state index in [2.05, 4.69) is 0 Å². The van der Waals surface area contributed by atoms with Gasteiger partial charge in [0.15, 0.2) is 5.97 Å². The van der Waals surface area contributed by atoms with Crippen molar-refractivity contribution in [2.45, 2.75) is 26.2 Å². The molecule has 0 aliphatic carbocycles. The Bertz CT molecular complexity index is 158. The lowest BCUT2D eigenvalue weighted by atomic mass is 10.2. The number of aliphatic hydroxyl groups is 1. The van der Waals surface area contributed by atoms with Crippen LogP contribution < -0.4 is 5.73 Å². The second kappa shape index (κ2) is 4.21. The van der Waals surface area contributed by atoms with E-state index < -0.39 is 13.3 Å². The Morgan fingerprint density at radius 1 is 1.55 bits per heavy atom. The van der Waals surface area contributed by atoms with Gasteiger partial charge < -0.3 is 10.00 Å². The van der Waals surface area contributed by atoms with Crippen LogP contribution in [0.25, 0.3) is 0 Å². The van der Waals surface area contributed by atoms with E-state index in [9.17, 15) is 4.57 Å². The first kappa shape index (κ1) is 11.1. The van der Waals surface area contributed by atoms with E-state index in [4.69, 9.17) is 15.7 Å². The van der Waals surface area contributed by atoms with Gasteiger partial charge >= 0.3 is 0 Å². The maximum Gasteiger partial charge on any atom is 0.242 e. The Morgan fingerprint density at radius 3 is 2.27 bits per heavy atom. The Balaban J connectivity index is 3.84. The predicted molar refractivity (Wildman–Crippen MR) is 44.3 cm³/mol. The third-order valence-corrected chi connectivity index (χ3v) is 3.17. The van der Waals surface area contributed by atoms with Gasteiger partial charge in [0, 0.05) is 6.16 Å². The number of hydrogen-bond acceptors (Lipinski definition) is 3. The molecule has 2 atom stereocenters. The Kier molecular flexibility index (Phi) is 4.26. The predicted octanol–water partition coefficient (Wildman–Crippen LogP) is 0.538. The Morgan fingerprint density at radius 2 is 2.00 bits per heavy atom. The molecule has 0 aromatic carbocycles. The van der Waals surface area contributed by atoms with Crippen molar-refractivity contribution in [3.8, 4) is 0 Å². The van der Waals surface area contributed by atoms with E-state index in [0.29, 0.717) is 12.3 Å². The van der Waals surface area contributed by atoms with Gasteiger partial charge in [0.1, 0.15) is 0 Å². The second-order valence-electron chi connectivity index (χ2n) is 3.08. The molecular formula is C6H16NO3P. The van der Waals surface area contributed by atoms with E-state index in [0.717, 1.165) is 0 Å². The lowest BCUT2D eigenvalue weighted by molar-refractivity contribution is 0.236. The second-order valence-corrected chi connectivity index (χ2v) is 5.56. The van der Waals surface area contributed by atoms with E-state index in [1.165, 1.54) is 0 Å². The van der Waals surface area contributed by atoms with Crippen LogP contribution in [0, 0.1) is 5.92 Å². The van der Waals surface area contributed by atoms with Gasteiger partial charge in [-0.2, -0.15) is 0 Å². The number of nitrogens with two attached hydrogens (primary N) is 1. The van der Waals surface area contributed by atoms with E-state index in [1.54, 1.807) is 0 Å². The molecule has 68 valence electrons. The summed E-state index contributed by atoms with van der Waals surface area (Å²) in [5.41, 5.74) is 4.90. The van der Waals surface area contributed by atoms with Crippen LogP contribution >= 0.6 is 7.37 Å². The first-order chi connectivity index (χ1) is 4.86. The van der Waals surface area contributed by atoms with Crippen LogP contribution in [-0.2, 0) is 4.57 Å². The highest BCUT2D eigenvalue weighted by Crippen LogP contribution is 2.43. The highest BCUT2D eigenvalue weighted by Gasteiger charge is 2.24. The highest BCUT2D eigenvalue weighted by atomic mass is 31.2. The monoisotopic (exact) mass is 181 g/mol. The van der Waals surface area contributed by atoms with Gasteiger partial charge in [-0.15, -0.1) is 0 Å². The van der Waals surface area contributed by atoms with Crippen molar-refractivity contribution in [1.29, 1.82) is 0 Å². The largest absolute Gasteiger partial charge is 0.370 e. The molecule has 2 unspecified atom stereocenters. The molecule has 0 radical (unpaired) electrons. The van der Waals surface area contributed by atoms with Crippen LogP contribution in [0.2, 0.25) is 0 Å². The molecule has 0 aliphatic rings. The zero-order chi connectivity index (χ0) is 9.07. The van der Waals surface area contributed by atoms with Crippen molar-refractivity contribution in [3.05, 3.63) is 0 Å². The van der Waals surface area contributed by atoms with Gasteiger partial charge in [0.05, 0.1) is 0 Å². The fourth-order valence-electron chi connectivity index (χ4n) is 0.575. The molecule has 0 bridgehead atoms. The zero-order valence-corrected chi connectivity index (χ0v) is 7.79. The summed E-state index contributed by atoms with van der Waals surface area (Å²) in [5, 5.41) is 8.66. The average molecular weight is 181 g/mol. The summed E-state index contributed by atoms with van der Waals surface area (Å²) >= 11 is 0. The molecule has 0 aliphatic heterocycles. The molecule has 0 aromatic rings. The highest BCUT2D eigenvalue weighted by molar-refractivity contribution is 7.58. The average Bonchev–Trinajstić information content (AvgIpc) is 1.84.